The lowest BCUT2D eigenvalue weighted by Crippen LogP contribution is -2.33. The van der Waals surface area contributed by atoms with E-state index in [1.54, 1.807) is 10.7 Å². The lowest BCUT2D eigenvalue weighted by Gasteiger charge is -2.30. The highest BCUT2D eigenvalue weighted by Crippen LogP contribution is 2.23. The first-order valence-electron chi connectivity index (χ1n) is 7.86. The van der Waals surface area contributed by atoms with Crippen LogP contribution in [-0.4, -0.2) is 38.2 Å². The van der Waals surface area contributed by atoms with Crippen LogP contribution >= 0.6 is 15.9 Å². The van der Waals surface area contributed by atoms with Crippen molar-refractivity contribution in [2.75, 3.05) is 7.05 Å². The zero-order chi connectivity index (χ0) is 16.2. The normalized spacial score (nSPS) is 15.7. The van der Waals surface area contributed by atoms with E-state index in [1.807, 2.05) is 12.1 Å². The molecule has 0 spiro atoms. The molecule has 0 N–H and O–H groups in total. The minimum atomic E-state index is 0.574. The Balaban J connectivity index is 1.81. The molecule has 1 aromatic carbocycles. The number of benzene rings is 1. The third kappa shape index (κ3) is 3.59. The van der Waals surface area contributed by atoms with Crippen LogP contribution in [0.2, 0.25) is 0 Å². The van der Waals surface area contributed by atoms with Crippen LogP contribution in [0.3, 0.4) is 0 Å². The lowest BCUT2D eigenvalue weighted by molar-refractivity contribution is 0.179. The second-order valence-electron chi connectivity index (χ2n) is 5.99. The highest BCUT2D eigenvalue weighted by molar-refractivity contribution is 9.10. The van der Waals surface area contributed by atoms with Gasteiger partial charge in [-0.3, -0.25) is 4.90 Å². The maximum Gasteiger partial charge on any atom is 0.170 e. The second-order valence-corrected chi connectivity index (χ2v) is 6.84. The highest BCUT2D eigenvalue weighted by Gasteiger charge is 2.20. The molecule has 0 amide bonds. The topological polar surface area (TPSA) is 70.6 Å². The highest BCUT2D eigenvalue weighted by atomic mass is 79.9. The number of hydrogen-bond acceptors (Lipinski definition) is 5. The van der Waals surface area contributed by atoms with Gasteiger partial charge >= 0.3 is 0 Å². The van der Waals surface area contributed by atoms with Crippen molar-refractivity contribution in [3.05, 3.63) is 34.1 Å². The first-order valence-corrected chi connectivity index (χ1v) is 8.66. The number of tetrazole rings is 1. The summed E-state index contributed by atoms with van der Waals surface area (Å²) < 4.78 is 2.49. The van der Waals surface area contributed by atoms with E-state index in [-0.39, 0.29) is 0 Å². The first-order chi connectivity index (χ1) is 11.2. The van der Waals surface area contributed by atoms with E-state index in [9.17, 15) is 5.26 Å². The first kappa shape index (κ1) is 16.1. The number of aromatic nitrogens is 4. The van der Waals surface area contributed by atoms with Crippen LogP contribution in [0.15, 0.2) is 22.7 Å². The van der Waals surface area contributed by atoms with Crippen molar-refractivity contribution in [3.63, 3.8) is 0 Å². The molecule has 0 radical (unpaired) electrons. The molecule has 0 atom stereocenters. The van der Waals surface area contributed by atoms with E-state index >= 15 is 0 Å². The Morgan fingerprint density at radius 2 is 2.13 bits per heavy atom. The third-order valence-corrected chi connectivity index (χ3v) is 5.13. The Bertz CT molecular complexity index is 714. The number of rotatable bonds is 4. The number of nitriles is 1. The summed E-state index contributed by atoms with van der Waals surface area (Å²) >= 11 is 3.37. The van der Waals surface area contributed by atoms with E-state index in [1.165, 1.54) is 32.1 Å². The minimum absolute atomic E-state index is 0.574. The van der Waals surface area contributed by atoms with Gasteiger partial charge in [0.2, 0.25) is 0 Å². The van der Waals surface area contributed by atoms with Crippen LogP contribution in [0.25, 0.3) is 5.69 Å². The summed E-state index contributed by atoms with van der Waals surface area (Å²) in [7, 11) is 2.14. The summed E-state index contributed by atoms with van der Waals surface area (Å²) in [5.74, 6) is 0.796. The van der Waals surface area contributed by atoms with Crippen molar-refractivity contribution < 1.29 is 0 Å². The number of halogens is 1. The molecule has 0 aliphatic heterocycles. The Kier molecular flexibility index (Phi) is 5.03. The van der Waals surface area contributed by atoms with Gasteiger partial charge in [-0.25, -0.2) is 0 Å². The molecule has 120 valence electrons. The Labute approximate surface area is 144 Å². The maximum absolute atomic E-state index is 9.18. The molecule has 7 heteroatoms. The van der Waals surface area contributed by atoms with Crippen molar-refractivity contribution >= 4 is 15.9 Å². The zero-order valence-corrected chi connectivity index (χ0v) is 14.7. The molecule has 1 saturated carbocycles. The van der Waals surface area contributed by atoms with Gasteiger partial charge < -0.3 is 0 Å². The SMILES string of the molecule is CN(Cc1nnnn1-c1ccc(Br)c(C#N)c1)C1CCCCC1. The van der Waals surface area contributed by atoms with Gasteiger partial charge in [-0.2, -0.15) is 9.94 Å². The van der Waals surface area contributed by atoms with E-state index in [0.29, 0.717) is 18.2 Å². The Hall–Kier alpha value is -1.78. The van der Waals surface area contributed by atoms with Crippen molar-refractivity contribution in [2.45, 2.75) is 44.7 Å². The average Bonchev–Trinajstić information content (AvgIpc) is 3.04. The van der Waals surface area contributed by atoms with E-state index in [2.05, 4.69) is 49.5 Å². The fourth-order valence-electron chi connectivity index (χ4n) is 3.11. The molecule has 2 aromatic rings. The fourth-order valence-corrected chi connectivity index (χ4v) is 3.44. The summed E-state index contributed by atoms with van der Waals surface area (Å²) in [5, 5.41) is 21.3. The van der Waals surface area contributed by atoms with Crippen LogP contribution < -0.4 is 0 Å². The predicted octanol–water partition coefficient (Wildman–Crippen LogP) is 3.06. The smallest absolute Gasteiger partial charge is 0.170 e. The molecule has 0 saturated heterocycles. The van der Waals surface area contributed by atoms with Gasteiger partial charge in [0.05, 0.1) is 17.8 Å². The van der Waals surface area contributed by atoms with Crippen molar-refractivity contribution in [2.24, 2.45) is 0 Å². The molecular weight excluding hydrogens is 356 g/mol. The standard InChI is InChI=1S/C16H19BrN6/c1-22(13-5-3-2-4-6-13)11-16-19-20-21-23(16)14-7-8-15(17)12(9-14)10-18/h7-9,13H,2-6,11H2,1H3. The Morgan fingerprint density at radius 3 is 2.87 bits per heavy atom. The summed E-state index contributed by atoms with van der Waals surface area (Å²) in [6.07, 6.45) is 6.44. The lowest BCUT2D eigenvalue weighted by atomic mass is 9.94. The van der Waals surface area contributed by atoms with E-state index < -0.39 is 0 Å². The summed E-state index contributed by atoms with van der Waals surface area (Å²) in [6.45, 7) is 0.704. The number of nitrogens with zero attached hydrogens (tertiary/aromatic N) is 6. The molecule has 1 aromatic heterocycles. The van der Waals surface area contributed by atoms with Crippen molar-refractivity contribution in [1.82, 2.24) is 25.1 Å². The molecule has 1 fully saturated rings. The molecule has 0 unspecified atom stereocenters. The molecule has 23 heavy (non-hydrogen) atoms. The minimum Gasteiger partial charge on any atom is -0.296 e. The predicted molar refractivity (Wildman–Crippen MR) is 89.9 cm³/mol. The van der Waals surface area contributed by atoms with Gasteiger partial charge in [0.25, 0.3) is 0 Å². The van der Waals surface area contributed by atoms with Gasteiger partial charge in [-0.05, 0) is 64.4 Å². The Morgan fingerprint density at radius 1 is 1.35 bits per heavy atom. The van der Waals surface area contributed by atoms with Gasteiger partial charge in [-0.1, -0.05) is 19.3 Å². The van der Waals surface area contributed by atoms with Crippen molar-refractivity contribution in [3.8, 4) is 11.8 Å². The summed E-state index contributed by atoms with van der Waals surface area (Å²) in [6, 6.07) is 8.33. The average molecular weight is 375 g/mol. The quantitative estimate of drug-likeness (QED) is 0.822. The van der Waals surface area contributed by atoms with Crippen LogP contribution in [0.1, 0.15) is 43.5 Å². The molecule has 1 aliphatic carbocycles. The maximum atomic E-state index is 9.18. The molecule has 3 rings (SSSR count). The van der Waals surface area contributed by atoms with Crippen LogP contribution in [0.5, 0.6) is 0 Å². The van der Waals surface area contributed by atoms with Gasteiger partial charge in [0.15, 0.2) is 5.82 Å². The van der Waals surface area contributed by atoms with Gasteiger partial charge in [-0.15, -0.1) is 5.10 Å². The molecule has 6 nitrogen and oxygen atoms in total. The van der Waals surface area contributed by atoms with Crippen molar-refractivity contribution in [1.29, 1.82) is 5.26 Å². The van der Waals surface area contributed by atoms with Crippen LogP contribution in [0.4, 0.5) is 0 Å². The third-order valence-electron chi connectivity index (χ3n) is 4.44. The number of hydrogen-bond donors (Lipinski definition) is 0. The van der Waals surface area contributed by atoms with E-state index in [4.69, 9.17) is 0 Å². The monoisotopic (exact) mass is 374 g/mol. The molecule has 0 bridgehead atoms. The van der Waals surface area contributed by atoms with Gasteiger partial charge in [0, 0.05) is 10.5 Å². The van der Waals surface area contributed by atoms with E-state index in [0.717, 1.165) is 16.0 Å². The molecular formula is C16H19BrN6. The molecule has 1 heterocycles. The summed E-state index contributed by atoms with van der Waals surface area (Å²) in [5.41, 5.74) is 1.38. The van der Waals surface area contributed by atoms with Gasteiger partial charge in [0.1, 0.15) is 6.07 Å². The molecule has 1 aliphatic rings. The largest absolute Gasteiger partial charge is 0.296 e. The van der Waals surface area contributed by atoms with Crippen LogP contribution in [-0.2, 0) is 6.54 Å². The van der Waals surface area contributed by atoms with Crippen LogP contribution in [0, 0.1) is 11.3 Å². The summed E-state index contributed by atoms with van der Waals surface area (Å²) in [4.78, 5) is 2.34. The zero-order valence-electron chi connectivity index (χ0n) is 13.1. The second kappa shape index (κ2) is 7.20. The fraction of sp³-hybridized carbons (Fsp3) is 0.500.